The molecule has 2 heterocycles. The van der Waals surface area contributed by atoms with E-state index in [1.54, 1.807) is 12.1 Å². The molecule has 0 bridgehead atoms. The van der Waals surface area contributed by atoms with Gasteiger partial charge in [-0.1, -0.05) is 11.6 Å². The van der Waals surface area contributed by atoms with Crippen LogP contribution in [0.5, 0.6) is 11.5 Å². The molecule has 0 spiro atoms. The Morgan fingerprint density at radius 3 is 2.29 bits per heavy atom. The number of rotatable bonds is 7. The largest absolute Gasteiger partial charge is 0.451 e. The number of nitrogens with two attached hydrogens (primary N) is 1. The molecule has 0 aliphatic carbocycles. The molecule has 2 aromatic carbocycles. The standard InChI is InChI=1S/C24H21ClF2N4O6S/c25-16-1-3-17(4-2-16)36-23-19(26)12-18(13-20(23)27)38(34,35)31-10-9-30(14-21(31)24(33)37-28)22(32)11-15-5-7-29-8-6-15/h1-8,12-13,21H,9-11,14,28H2/t21-/m1/s1. The van der Waals surface area contributed by atoms with E-state index in [1.165, 1.54) is 41.6 Å². The van der Waals surface area contributed by atoms with E-state index in [0.717, 1.165) is 0 Å². The van der Waals surface area contributed by atoms with Crippen LogP contribution in [0.25, 0.3) is 0 Å². The van der Waals surface area contributed by atoms with Gasteiger partial charge in [0.1, 0.15) is 11.8 Å². The zero-order chi connectivity index (χ0) is 27.4. The van der Waals surface area contributed by atoms with Crippen LogP contribution in [-0.4, -0.2) is 60.2 Å². The van der Waals surface area contributed by atoms with Crippen LogP contribution in [0.1, 0.15) is 5.56 Å². The molecule has 200 valence electrons. The van der Waals surface area contributed by atoms with Crippen molar-refractivity contribution >= 4 is 33.5 Å². The maximum atomic E-state index is 14.8. The molecule has 1 fully saturated rings. The zero-order valence-corrected chi connectivity index (χ0v) is 21.2. The van der Waals surface area contributed by atoms with Crippen molar-refractivity contribution in [1.82, 2.24) is 14.2 Å². The van der Waals surface area contributed by atoms with Crippen LogP contribution in [0.4, 0.5) is 8.78 Å². The third-order valence-corrected chi connectivity index (χ3v) is 7.93. The number of pyridine rings is 1. The van der Waals surface area contributed by atoms with Crippen molar-refractivity contribution in [2.24, 2.45) is 5.90 Å². The van der Waals surface area contributed by atoms with Crippen LogP contribution in [0.15, 0.2) is 65.8 Å². The second-order valence-electron chi connectivity index (χ2n) is 8.21. The van der Waals surface area contributed by atoms with Gasteiger partial charge in [-0.3, -0.25) is 9.78 Å². The minimum Gasteiger partial charge on any atom is -0.451 e. The summed E-state index contributed by atoms with van der Waals surface area (Å²) in [6.07, 6.45) is 3.03. The number of hydrogen-bond acceptors (Lipinski definition) is 8. The Bertz CT molecular complexity index is 1420. The molecule has 1 amide bonds. The van der Waals surface area contributed by atoms with Crippen molar-refractivity contribution in [2.75, 3.05) is 19.6 Å². The minimum atomic E-state index is -4.64. The highest BCUT2D eigenvalue weighted by atomic mass is 35.5. The van der Waals surface area contributed by atoms with Gasteiger partial charge in [-0.05, 0) is 54.1 Å². The van der Waals surface area contributed by atoms with Crippen LogP contribution >= 0.6 is 11.6 Å². The Morgan fingerprint density at radius 1 is 1.05 bits per heavy atom. The van der Waals surface area contributed by atoms with E-state index < -0.39 is 44.3 Å². The Kier molecular flexibility index (Phi) is 8.21. The lowest BCUT2D eigenvalue weighted by molar-refractivity contribution is -0.152. The monoisotopic (exact) mass is 566 g/mol. The third kappa shape index (κ3) is 5.91. The van der Waals surface area contributed by atoms with Crippen molar-refractivity contribution < 1.29 is 36.4 Å². The maximum Gasteiger partial charge on any atom is 0.344 e. The molecule has 1 saturated heterocycles. The lowest BCUT2D eigenvalue weighted by atomic mass is 10.1. The summed E-state index contributed by atoms with van der Waals surface area (Å²) >= 11 is 5.79. The Morgan fingerprint density at radius 2 is 1.68 bits per heavy atom. The average Bonchev–Trinajstić information content (AvgIpc) is 2.91. The molecule has 4 rings (SSSR count). The number of halogens is 3. The second-order valence-corrected chi connectivity index (χ2v) is 10.5. The lowest BCUT2D eigenvalue weighted by Gasteiger charge is -2.38. The van der Waals surface area contributed by atoms with E-state index >= 15 is 0 Å². The highest BCUT2D eigenvalue weighted by molar-refractivity contribution is 7.89. The van der Waals surface area contributed by atoms with E-state index in [-0.39, 0.29) is 37.7 Å². The molecule has 2 N–H and O–H groups in total. The molecule has 1 aromatic heterocycles. The number of carbonyl (C=O) groups is 2. The highest BCUT2D eigenvalue weighted by Gasteiger charge is 2.42. The summed E-state index contributed by atoms with van der Waals surface area (Å²) < 4.78 is 62.3. The summed E-state index contributed by atoms with van der Waals surface area (Å²) in [5.41, 5.74) is 0.671. The Labute approximate surface area is 221 Å². The summed E-state index contributed by atoms with van der Waals surface area (Å²) in [4.78, 5) is 33.9. The van der Waals surface area contributed by atoms with Crippen molar-refractivity contribution in [3.05, 3.63) is 83.1 Å². The quantitative estimate of drug-likeness (QED) is 0.432. The van der Waals surface area contributed by atoms with E-state index in [1.807, 2.05) is 0 Å². The SMILES string of the molecule is NOC(=O)[C@H]1CN(C(=O)Cc2ccncc2)CCN1S(=O)(=O)c1cc(F)c(Oc2ccc(Cl)cc2)c(F)c1. The van der Waals surface area contributed by atoms with Crippen LogP contribution < -0.4 is 10.6 Å². The van der Waals surface area contributed by atoms with Gasteiger partial charge in [0, 0.05) is 37.1 Å². The minimum absolute atomic E-state index is 0.00876. The van der Waals surface area contributed by atoms with Gasteiger partial charge in [-0.15, -0.1) is 0 Å². The van der Waals surface area contributed by atoms with Gasteiger partial charge >= 0.3 is 5.97 Å². The van der Waals surface area contributed by atoms with E-state index in [2.05, 4.69) is 9.82 Å². The third-order valence-electron chi connectivity index (χ3n) is 5.79. The first-order valence-electron chi connectivity index (χ1n) is 11.1. The number of amides is 1. The number of sulfonamides is 1. The number of hydrogen-bond donors (Lipinski definition) is 1. The molecule has 38 heavy (non-hydrogen) atoms. The fraction of sp³-hybridized carbons (Fsp3) is 0.208. The predicted molar refractivity (Wildman–Crippen MR) is 130 cm³/mol. The highest BCUT2D eigenvalue weighted by Crippen LogP contribution is 2.32. The number of ether oxygens (including phenoxy) is 1. The van der Waals surface area contributed by atoms with Crippen LogP contribution in [-0.2, 0) is 30.9 Å². The van der Waals surface area contributed by atoms with Crippen LogP contribution in [0.3, 0.4) is 0 Å². The number of benzene rings is 2. The van der Waals surface area contributed by atoms with Crippen molar-refractivity contribution in [2.45, 2.75) is 17.4 Å². The Hall–Kier alpha value is -3.65. The molecule has 3 aromatic rings. The fourth-order valence-electron chi connectivity index (χ4n) is 3.88. The Balaban J connectivity index is 1.57. The van der Waals surface area contributed by atoms with Crippen LogP contribution in [0, 0.1) is 11.6 Å². The molecule has 0 radical (unpaired) electrons. The number of piperazine rings is 1. The molecule has 10 nitrogen and oxygen atoms in total. The summed E-state index contributed by atoms with van der Waals surface area (Å²) in [5.74, 6) is 0.174. The molecule has 14 heteroatoms. The van der Waals surface area contributed by atoms with Gasteiger partial charge < -0.3 is 14.5 Å². The summed E-state index contributed by atoms with van der Waals surface area (Å²) in [6, 6.07) is 8.56. The van der Waals surface area contributed by atoms with Crippen LogP contribution in [0.2, 0.25) is 5.02 Å². The number of aromatic nitrogens is 1. The van der Waals surface area contributed by atoms with Gasteiger partial charge in [-0.25, -0.2) is 22.0 Å². The summed E-state index contributed by atoms with van der Waals surface area (Å²) in [7, 11) is -4.64. The van der Waals surface area contributed by atoms with Gasteiger partial charge in [0.2, 0.25) is 15.9 Å². The summed E-state index contributed by atoms with van der Waals surface area (Å²) in [6.45, 7) is -0.807. The van der Waals surface area contributed by atoms with E-state index in [4.69, 9.17) is 22.2 Å². The molecule has 1 aliphatic rings. The lowest BCUT2D eigenvalue weighted by Crippen LogP contribution is -2.60. The van der Waals surface area contributed by atoms with Gasteiger partial charge in [0.15, 0.2) is 17.4 Å². The molecule has 1 atom stereocenters. The zero-order valence-electron chi connectivity index (χ0n) is 19.6. The second kappa shape index (κ2) is 11.4. The smallest absolute Gasteiger partial charge is 0.344 e. The molecular weight excluding hydrogens is 546 g/mol. The van der Waals surface area contributed by atoms with E-state index in [9.17, 15) is 26.8 Å². The molecular formula is C24H21ClF2N4O6S. The summed E-state index contributed by atoms with van der Waals surface area (Å²) in [5, 5.41) is 0.379. The van der Waals surface area contributed by atoms with Gasteiger partial charge in [-0.2, -0.15) is 10.2 Å². The molecule has 0 unspecified atom stereocenters. The van der Waals surface area contributed by atoms with Crippen molar-refractivity contribution in [3.8, 4) is 11.5 Å². The first kappa shape index (κ1) is 27.4. The average molecular weight is 567 g/mol. The van der Waals surface area contributed by atoms with Gasteiger partial charge in [0.25, 0.3) is 0 Å². The first-order chi connectivity index (χ1) is 18.1. The van der Waals surface area contributed by atoms with Crippen molar-refractivity contribution in [3.63, 3.8) is 0 Å². The predicted octanol–water partition coefficient (Wildman–Crippen LogP) is 2.67. The number of nitrogens with zero attached hydrogens (tertiary/aromatic N) is 3. The van der Waals surface area contributed by atoms with Gasteiger partial charge in [0.05, 0.1) is 11.3 Å². The topological polar surface area (TPSA) is 132 Å². The fourth-order valence-corrected chi connectivity index (χ4v) is 5.59. The molecule has 0 saturated carbocycles. The first-order valence-corrected chi connectivity index (χ1v) is 12.9. The van der Waals surface area contributed by atoms with Crippen molar-refractivity contribution in [1.29, 1.82) is 0 Å². The van der Waals surface area contributed by atoms with E-state index in [0.29, 0.717) is 27.0 Å². The maximum absolute atomic E-state index is 14.8. The molecule has 1 aliphatic heterocycles. The number of carbonyl (C=O) groups excluding carboxylic acids is 2. The normalized spacial score (nSPS) is 16.2.